The fraction of sp³-hybridized carbons (Fsp3) is 0.909. The summed E-state index contributed by atoms with van der Waals surface area (Å²) in [4.78, 5) is 11.4. The smallest absolute Gasteiger partial charge is 0.233 e. The van der Waals surface area contributed by atoms with Crippen molar-refractivity contribution >= 4 is 15.7 Å². The fourth-order valence-electron chi connectivity index (χ4n) is 1.86. The summed E-state index contributed by atoms with van der Waals surface area (Å²) >= 11 is 0. The Balaban J connectivity index is 2.08. The molecule has 1 rings (SSSR count). The highest BCUT2D eigenvalue weighted by atomic mass is 32.2. The number of nitrogens with one attached hydrogen (secondary N) is 2. The van der Waals surface area contributed by atoms with Gasteiger partial charge in [-0.3, -0.25) is 4.79 Å². The van der Waals surface area contributed by atoms with Crippen LogP contribution in [0.1, 0.15) is 32.6 Å². The lowest BCUT2D eigenvalue weighted by Gasteiger charge is -2.10. The van der Waals surface area contributed by atoms with Crippen LogP contribution in [0.25, 0.3) is 0 Å². The molecule has 1 saturated heterocycles. The van der Waals surface area contributed by atoms with E-state index in [1.54, 1.807) is 0 Å². The molecular formula is C11H22N2O3S. The maximum absolute atomic E-state index is 11.4. The first-order chi connectivity index (χ1) is 8.03. The van der Waals surface area contributed by atoms with E-state index in [9.17, 15) is 13.2 Å². The van der Waals surface area contributed by atoms with Gasteiger partial charge in [-0.25, -0.2) is 8.42 Å². The van der Waals surface area contributed by atoms with Crippen LogP contribution in [-0.4, -0.2) is 45.0 Å². The van der Waals surface area contributed by atoms with Gasteiger partial charge in [0.2, 0.25) is 5.91 Å². The number of amides is 1. The van der Waals surface area contributed by atoms with E-state index in [0.717, 1.165) is 19.3 Å². The number of unbranched alkanes of at least 4 members (excludes halogenated alkanes) is 2. The molecule has 0 saturated carbocycles. The van der Waals surface area contributed by atoms with Crippen LogP contribution in [0.3, 0.4) is 0 Å². The molecule has 100 valence electrons. The molecule has 1 aliphatic heterocycles. The zero-order valence-electron chi connectivity index (χ0n) is 10.4. The average Bonchev–Trinajstić information content (AvgIpc) is 2.62. The Morgan fingerprint density at radius 2 is 2.12 bits per heavy atom. The van der Waals surface area contributed by atoms with Gasteiger partial charge in [-0.05, 0) is 12.8 Å². The van der Waals surface area contributed by atoms with Gasteiger partial charge in [-0.1, -0.05) is 19.8 Å². The summed E-state index contributed by atoms with van der Waals surface area (Å²) in [5, 5.41) is 5.80. The zero-order chi connectivity index (χ0) is 12.7. The molecule has 0 bridgehead atoms. The topological polar surface area (TPSA) is 75.3 Å². The van der Waals surface area contributed by atoms with Gasteiger partial charge in [-0.15, -0.1) is 0 Å². The molecule has 0 aromatic rings. The summed E-state index contributed by atoms with van der Waals surface area (Å²) < 4.78 is 22.4. The van der Waals surface area contributed by atoms with Crippen LogP contribution in [0.4, 0.5) is 0 Å². The van der Waals surface area contributed by atoms with Crippen molar-refractivity contribution in [2.24, 2.45) is 0 Å². The van der Waals surface area contributed by atoms with E-state index in [1.807, 2.05) is 0 Å². The van der Waals surface area contributed by atoms with Crippen LogP contribution in [0.15, 0.2) is 0 Å². The summed E-state index contributed by atoms with van der Waals surface area (Å²) in [6, 6.07) is -0.0543. The third kappa shape index (κ3) is 6.02. The van der Waals surface area contributed by atoms with Crippen molar-refractivity contribution in [2.75, 3.05) is 24.6 Å². The van der Waals surface area contributed by atoms with Crippen molar-refractivity contribution in [1.82, 2.24) is 10.6 Å². The minimum absolute atomic E-state index is 0.0506. The van der Waals surface area contributed by atoms with Gasteiger partial charge in [0, 0.05) is 12.6 Å². The molecule has 5 nitrogen and oxygen atoms in total. The number of rotatable bonds is 7. The van der Waals surface area contributed by atoms with Crippen molar-refractivity contribution < 1.29 is 13.2 Å². The van der Waals surface area contributed by atoms with E-state index in [0.29, 0.717) is 13.0 Å². The normalized spacial score (nSPS) is 22.5. The Morgan fingerprint density at radius 3 is 2.71 bits per heavy atom. The summed E-state index contributed by atoms with van der Waals surface area (Å²) in [6.07, 6.45) is 3.87. The molecule has 0 radical (unpaired) electrons. The minimum atomic E-state index is -2.86. The lowest BCUT2D eigenvalue weighted by Crippen LogP contribution is -2.40. The fourth-order valence-corrected chi connectivity index (χ4v) is 3.57. The quantitative estimate of drug-likeness (QED) is 0.637. The van der Waals surface area contributed by atoms with E-state index >= 15 is 0 Å². The lowest BCUT2D eigenvalue weighted by atomic mass is 10.2. The van der Waals surface area contributed by atoms with Gasteiger partial charge >= 0.3 is 0 Å². The number of carbonyl (C=O) groups excluding carboxylic acids is 1. The molecule has 1 aliphatic rings. The first-order valence-corrected chi connectivity index (χ1v) is 8.06. The van der Waals surface area contributed by atoms with Gasteiger partial charge in [0.1, 0.15) is 0 Å². The Morgan fingerprint density at radius 1 is 1.35 bits per heavy atom. The molecule has 1 unspecified atom stereocenters. The van der Waals surface area contributed by atoms with E-state index in [1.165, 1.54) is 0 Å². The second-order valence-electron chi connectivity index (χ2n) is 4.54. The van der Waals surface area contributed by atoms with Crippen LogP contribution in [0.5, 0.6) is 0 Å². The van der Waals surface area contributed by atoms with Gasteiger partial charge in [0.15, 0.2) is 9.84 Å². The number of carbonyl (C=O) groups is 1. The maximum atomic E-state index is 11.4. The zero-order valence-corrected chi connectivity index (χ0v) is 11.2. The third-order valence-corrected chi connectivity index (χ3v) is 4.65. The number of hydrogen-bond acceptors (Lipinski definition) is 4. The monoisotopic (exact) mass is 262 g/mol. The van der Waals surface area contributed by atoms with Crippen LogP contribution in [-0.2, 0) is 14.6 Å². The molecule has 1 fully saturated rings. The third-order valence-electron chi connectivity index (χ3n) is 2.89. The molecule has 17 heavy (non-hydrogen) atoms. The van der Waals surface area contributed by atoms with Crippen molar-refractivity contribution in [1.29, 1.82) is 0 Å². The first-order valence-electron chi connectivity index (χ1n) is 6.24. The van der Waals surface area contributed by atoms with Crippen LogP contribution in [0.2, 0.25) is 0 Å². The maximum Gasteiger partial charge on any atom is 0.233 e. The highest BCUT2D eigenvalue weighted by Crippen LogP contribution is 2.10. The predicted octanol–water partition coefficient (Wildman–Crippen LogP) is 0.0695. The minimum Gasteiger partial charge on any atom is -0.355 e. The van der Waals surface area contributed by atoms with Crippen LogP contribution < -0.4 is 10.6 Å². The number of hydrogen-bond donors (Lipinski definition) is 2. The largest absolute Gasteiger partial charge is 0.355 e. The molecule has 1 amide bonds. The molecule has 2 N–H and O–H groups in total. The van der Waals surface area contributed by atoms with E-state index in [4.69, 9.17) is 0 Å². The van der Waals surface area contributed by atoms with E-state index in [2.05, 4.69) is 17.6 Å². The highest BCUT2D eigenvalue weighted by molar-refractivity contribution is 7.91. The predicted molar refractivity (Wildman–Crippen MR) is 67.6 cm³/mol. The molecule has 0 spiro atoms. The summed E-state index contributed by atoms with van der Waals surface area (Å²) in [5.74, 6) is 0.351. The summed E-state index contributed by atoms with van der Waals surface area (Å²) in [5.41, 5.74) is 0. The molecule has 1 heterocycles. The lowest BCUT2D eigenvalue weighted by molar-refractivity contribution is -0.120. The Hall–Kier alpha value is -0.620. The Labute approximate surface area is 103 Å². The van der Waals surface area contributed by atoms with E-state index in [-0.39, 0.29) is 30.0 Å². The summed E-state index contributed by atoms with van der Waals surface area (Å²) in [6.45, 7) is 3.04. The Kier molecular flexibility index (Phi) is 5.91. The van der Waals surface area contributed by atoms with Gasteiger partial charge in [-0.2, -0.15) is 0 Å². The first kappa shape index (κ1) is 14.4. The average molecular weight is 262 g/mol. The standard InChI is InChI=1S/C11H22N2O3S/c1-2-3-4-6-12-11(14)8-13-10-5-7-17(15,16)9-10/h10,13H,2-9H2,1H3,(H,12,14). The SMILES string of the molecule is CCCCCNC(=O)CNC1CCS(=O)(=O)C1. The Bertz CT molecular complexity index is 341. The summed E-state index contributed by atoms with van der Waals surface area (Å²) in [7, 11) is -2.86. The van der Waals surface area contributed by atoms with Crippen molar-refractivity contribution in [2.45, 2.75) is 38.6 Å². The number of sulfone groups is 1. The van der Waals surface area contributed by atoms with Crippen LogP contribution in [0, 0.1) is 0 Å². The molecule has 0 aliphatic carbocycles. The van der Waals surface area contributed by atoms with Crippen LogP contribution >= 0.6 is 0 Å². The molecule has 6 heteroatoms. The van der Waals surface area contributed by atoms with Gasteiger partial charge < -0.3 is 10.6 Å². The second-order valence-corrected chi connectivity index (χ2v) is 6.77. The van der Waals surface area contributed by atoms with Crippen molar-refractivity contribution in [3.63, 3.8) is 0 Å². The van der Waals surface area contributed by atoms with Crippen molar-refractivity contribution in [3.8, 4) is 0 Å². The second kappa shape index (κ2) is 6.96. The van der Waals surface area contributed by atoms with Gasteiger partial charge in [0.05, 0.1) is 18.1 Å². The van der Waals surface area contributed by atoms with Crippen molar-refractivity contribution in [3.05, 3.63) is 0 Å². The molecular weight excluding hydrogens is 240 g/mol. The highest BCUT2D eigenvalue weighted by Gasteiger charge is 2.27. The molecule has 0 aromatic heterocycles. The van der Waals surface area contributed by atoms with E-state index < -0.39 is 9.84 Å². The van der Waals surface area contributed by atoms with Gasteiger partial charge in [0.25, 0.3) is 0 Å². The molecule has 0 aromatic carbocycles. The molecule has 1 atom stereocenters.